The first kappa shape index (κ1) is 15.0. The maximum Gasteiger partial charge on any atom is 0.256 e. The molecule has 1 aliphatic rings. The van der Waals surface area contributed by atoms with Crippen molar-refractivity contribution >= 4 is 23.2 Å². The minimum Gasteiger partial charge on any atom is -0.495 e. The maximum absolute atomic E-state index is 13.3. The zero-order chi connectivity index (χ0) is 16.4. The summed E-state index contributed by atoms with van der Waals surface area (Å²) in [5, 5.41) is 3.02. The molecule has 2 amide bonds. The fourth-order valence-electron chi connectivity index (χ4n) is 2.58. The second kappa shape index (κ2) is 6.08. The fraction of sp³-hybridized carbons (Fsp3) is 0.176. The van der Waals surface area contributed by atoms with Gasteiger partial charge in [0, 0.05) is 0 Å². The van der Waals surface area contributed by atoms with Crippen molar-refractivity contribution < 1.29 is 18.7 Å². The Morgan fingerprint density at radius 3 is 2.70 bits per heavy atom. The van der Waals surface area contributed by atoms with Crippen molar-refractivity contribution in [3.8, 4) is 5.75 Å². The summed E-state index contributed by atoms with van der Waals surface area (Å²) in [7, 11) is 1.53. The van der Waals surface area contributed by atoms with Crippen molar-refractivity contribution in [1.29, 1.82) is 0 Å². The Labute approximate surface area is 132 Å². The number of halogens is 1. The minimum atomic E-state index is -0.706. The van der Waals surface area contributed by atoms with Gasteiger partial charge in [-0.05, 0) is 30.3 Å². The summed E-state index contributed by atoms with van der Waals surface area (Å²) in [6.45, 7) is 0. The van der Waals surface area contributed by atoms with Crippen LogP contribution in [0.3, 0.4) is 0 Å². The first-order valence-electron chi connectivity index (χ1n) is 7.12. The Morgan fingerprint density at radius 2 is 1.96 bits per heavy atom. The van der Waals surface area contributed by atoms with Crippen LogP contribution < -0.4 is 15.0 Å². The highest BCUT2D eigenvalue weighted by Crippen LogP contribution is 2.29. The number of nitrogens with zero attached hydrogens (tertiary/aromatic N) is 1. The van der Waals surface area contributed by atoms with Crippen molar-refractivity contribution in [1.82, 2.24) is 0 Å². The molecule has 5 nitrogen and oxygen atoms in total. The lowest BCUT2D eigenvalue weighted by atomic mass is 10.2. The lowest BCUT2D eigenvalue weighted by molar-refractivity contribution is -0.121. The topological polar surface area (TPSA) is 58.6 Å². The Kier molecular flexibility index (Phi) is 3.97. The van der Waals surface area contributed by atoms with Gasteiger partial charge in [0.25, 0.3) is 5.91 Å². The van der Waals surface area contributed by atoms with Crippen LogP contribution in [-0.2, 0) is 9.59 Å². The molecule has 118 valence electrons. The predicted octanol–water partition coefficient (Wildman–Crippen LogP) is 2.58. The molecule has 1 heterocycles. The third-order valence-electron chi connectivity index (χ3n) is 3.65. The zero-order valence-electron chi connectivity index (χ0n) is 12.5. The van der Waals surface area contributed by atoms with E-state index in [1.165, 1.54) is 31.4 Å². The van der Waals surface area contributed by atoms with Crippen LogP contribution >= 0.6 is 0 Å². The van der Waals surface area contributed by atoms with Crippen molar-refractivity contribution in [3.05, 3.63) is 54.3 Å². The summed E-state index contributed by atoms with van der Waals surface area (Å²) in [6.07, 6.45) is 0.00734. The molecule has 1 fully saturated rings. The molecular weight excluding hydrogens is 299 g/mol. The van der Waals surface area contributed by atoms with Crippen LogP contribution in [0.4, 0.5) is 15.8 Å². The normalized spacial score (nSPS) is 17.5. The number of benzene rings is 2. The van der Waals surface area contributed by atoms with Crippen molar-refractivity contribution in [2.24, 2.45) is 0 Å². The number of imide groups is 1. The van der Waals surface area contributed by atoms with Crippen molar-refractivity contribution in [2.75, 3.05) is 17.3 Å². The molecular formula is C17H15FN2O3. The number of methoxy groups -OCH3 is 1. The highest BCUT2D eigenvalue weighted by molar-refractivity contribution is 6.23. The van der Waals surface area contributed by atoms with E-state index in [0.717, 1.165) is 4.90 Å². The van der Waals surface area contributed by atoms with E-state index in [1.807, 2.05) is 6.07 Å². The number of rotatable bonds is 4. The molecule has 23 heavy (non-hydrogen) atoms. The number of amides is 2. The SMILES string of the molecule is COc1ccccc1N[C@@H]1CC(=O)N(c2cccc(F)c2)C1=O. The number of carbonyl (C=O) groups is 2. The Bertz CT molecular complexity index is 763. The van der Waals surface area contributed by atoms with E-state index < -0.39 is 17.8 Å². The number of carbonyl (C=O) groups excluding carboxylic acids is 2. The molecule has 6 heteroatoms. The number of nitrogens with one attached hydrogen (secondary N) is 1. The van der Waals surface area contributed by atoms with Crippen molar-refractivity contribution in [2.45, 2.75) is 12.5 Å². The van der Waals surface area contributed by atoms with E-state index in [0.29, 0.717) is 11.4 Å². The summed E-state index contributed by atoms with van der Waals surface area (Å²) in [4.78, 5) is 25.7. The van der Waals surface area contributed by atoms with Gasteiger partial charge in [0.15, 0.2) is 0 Å². The van der Waals surface area contributed by atoms with E-state index in [2.05, 4.69) is 5.32 Å². The van der Waals surface area contributed by atoms with Gasteiger partial charge in [-0.25, -0.2) is 9.29 Å². The number of para-hydroxylation sites is 2. The molecule has 1 aliphatic heterocycles. The van der Waals surface area contributed by atoms with Crippen LogP contribution in [0.25, 0.3) is 0 Å². The molecule has 3 rings (SSSR count). The smallest absolute Gasteiger partial charge is 0.256 e. The fourth-order valence-corrected chi connectivity index (χ4v) is 2.58. The molecule has 1 saturated heterocycles. The minimum absolute atomic E-state index is 0.00734. The number of hydrogen-bond acceptors (Lipinski definition) is 4. The van der Waals surface area contributed by atoms with Gasteiger partial charge < -0.3 is 10.1 Å². The van der Waals surface area contributed by atoms with E-state index >= 15 is 0 Å². The average Bonchev–Trinajstić information content (AvgIpc) is 2.82. The second-order valence-corrected chi connectivity index (χ2v) is 5.15. The summed E-state index contributed by atoms with van der Waals surface area (Å²) in [5.41, 5.74) is 0.867. The summed E-state index contributed by atoms with van der Waals surface area (Å²) >= 11 is 0. The van der Waals surface area contributed by atoms with Crippen LogP contribution in [0.1, 0.15) is 6.42 Å². The van der Waals surface area contributed by atoms with Gasteiger partial charge in [0.05, 0.1) is 24.9 Å². The lowest BCUT2D eigenvalue weighted by Gasteiger charge is -2.17. The molecule has 0 bridgehead atoms. The summed E-state index contributed by atoms with van der Waals surface area (Å²) in [5.74, 6) is -0.694. The van der Waals surface area contributed by atoms with Gasteiger partial charge in [0.1, 0.15) is 17.6 Å². The lowest BCUT2D eigenvalue weighted by Crippen LogP contribution is -2.34. The molecule has 0 saturated carbocycles. The largest absolute Gasteiger partial charge is 0.495 e. The number of ether oxygens (including phenoxy) is 1. The molecule has 0 aliphatic carbocycles. The highest BCUT2D eigenvalue weighted by atomic mass is 19.1. The van der Waals surface area contributed by atoms with Crippen LogP contribution in [0.15, 0.2) is 48.5 Å². The van der Waals surface area contributed by atoms with Gasteiger partial charge in [0.2, 0.25) is 5.91 Å². The third kappa shape index (κ3) is 2.88. The van der Waals surface area contributed by atoms with Crippen molar-refractivity contribution in [3.63, 3.8) is 0 Å². The molecule has 0 unspecified atom stereocenters. The zero-order valence-corrected chi connectivity index (χ0v) is 12.5. The Morgan fingerprint density at radius 1 is 1.17 bits per heavy atom. The van der Waals surface area contributed by atoms with Crippen LogP contribution in [0.2, 0.25) is 0 Å². The molecule has 0 radical (unpaired) electrons. The first-order valence-corrected chi connectivity index (χ1v) is 7.12. The molecule has 0 aromatic heterocycles. The molecule has 2 aromatic rings. The van der Waals surface area contributed by atoms with Crippen LogP contribution in [0, 0.1) is 5.82 Å². The molecule has 1 N–H and O–H groups in total. The monoisotopic (exact) mass is 314 g/mol. The predicted molar refractivity (Wildman–Crippen MR) is 83.9 cm³/mol. The number of anilines is 2. The van der Waals surface area contributed by atoms with E-state index in [1.54, 1.807) is 18.2 Å². The van der Waals surface area contributed by atoms with E-state index in [-0.39, 0.29) is 18.0 Å². The summed E-state index contributed by atoms with van der Waals surface area (Å²) in [6, 6.07) is 11.9. The first-order chi connectivity index (χ1) is 11.1. The standard InChI is InChI=1S/C17H15FN2O3/c1-23-15-8-3-2-7-13(15)19-14-10-16(21)20(17(14)22)12-6-4-5-11(18)9-12/h2-9,14,19H,10H2,1H3/t14-/m1/s1. The molecule has 0 spiro atoms. The van der Waals surface area contributed by atoms with E-state index in [4.69, 9.17) is 4.74 Å². The second-order valence-electron chi connectivity index (χ2n) is 5.15. The third-order valence-corrected chi connectivity index (χ3v) is 3.65. The van der Waals surface area contributed by atoms with Gasteiger partial charge in [-0.3, -0.25) is 9.59 Å². The van der Waals surface area contributed by atoms with Gasteiger partial charge in [-0.1, -0.05) is 18.2 Å². The Hall–Kier alpha value is -2.89. The molecule has 1 atom stereocenters. The van der Waals surface area contributed by atoms with Gasteiger partial charge >= 0.3 is 0 Å². The average molecular weight is 314 g/mol. The quantitative estimate of drug-likeness (QED) is 0.881. The summed E-state index contributed by atoms with van der Waals surface area (Å²) < 4.78 is 18.6. The van der Waals surface area contributed by atoms with Crippen LogP contribution in [0.5, 0.6) is 5.75 Å². The van der Waals surface area contributed by atoms with E-state index in [9.17, 15) is 14.0 Å². The Balaban J connectivity index is 1.84. The van der Waals surface area contributed by atoms with Crippen LogP contribution in [-0.4, -0.2) is 25.0 Å². The highest BCUT2D eigenvalue weighted by Gasteiger charge is 2.39. The van der Waals surface area contributed by atoms with Gasteiger partial charge in [-0.2, -0.15) is 0 Å². The maximum atomic E-state index is 13.3. The number of hydrogen-bond donors (Lipinski definition) is 1. The molecule has 2 aromatic carbocycles. The van der Waals surface area contributed by atoms with Gasteiger partial charge in [-0.15, -0.1) is 0 Å².